The number of halogens is 2. The van der Waals surface area contributed by atoms with Crippen LogP contribution in [0.1, 0.15) is 30.1 Å². The van der Waals surface area contributed by atoms with Gasteiger partial charge in [0.15, 0.2) is 0 Å². The molecule has 0 aliphatic rings. The lowest BCUT2D eigenvalue weighted by Crippen LogP contribution is -2.24. The summed E-state index contributed by atoms with van der Waals surface area (Å²) in [6.45, 7) is 2.46. The van der Waals surface area contributed by atoms with Crippen molar-refractivity contribution in [2.75, 3.05) is 11.3 Å². The van der Waals surface area contributed by atoms with Crippen molar-refractivity contribution in [3.63, 3.8) is 0 Å². The van der Waals surface area contributed by atoms with E-state index in [0.29, 0.717) is 6.54 Å². The van der Waals surface area contributed by atoms with Crippen LogP contribution in [0, 0.1) is 11.6 Å². The molecule has 0 spiro atoms. The van der Waals surface area contributed by atoms with Crippen molar-refractivity contribution >= 4 is 21.6 Å². The molecular formula is C17H18F2N2O3S. The number of carbonyl (C=O) groups excluding carboxylic acids is 1. The van der Waals surface area contributed by atoms with Crippen molar-refractivity contribution in [3.8, 4) is 0 Å². The van der Waals surface area contributed by atoms with E-state index in [9.17, 15) is 22.0 Å². The van der Waals surface area contributed by atoms with Crippen molar-refractivity contribution in [3.05, 3.63) is 59.7 Å². The number of rotatable bonds is 7. The minimum atomic E-state index is -4.25. The Bertz CT molecular complexity index is 850. The Morgan fingerprint density at radius 2 is 1.72 bits per heavy atom. The molecule has 5 nitrogen and oxygen atoms in total. The van der Waals surface area contributed by atoms with Crippen LogP contribution in [0.25, 0.3) is 0 Å². The maximum atomic E-state index is 13.6. The molecule has 0 saturated heterocycles. The Morgan fingerprint density at radius 3 is 2.36 bits per heavy atom. The molecule has 0 aliphatic heterocycles. The minimum Gasteiger partial charge on any atom is -0.352 e. The van der Waals surface area contributed by atoms with Crippen molar-refractivity contribution in [1.29, 1.82) is 0 Å². The van der Waals surface area contributed by atoms with Crippen molar-refractivity contribution in [1.82, 2.24) is 5.32 Å². The van der Waals surface area contributed by atoms with Gasteiger partial charge in [-0.2, -0.15) is 0 Å². The van der Waals surface area contributed by atoms with Crippen LogP contribution in [0.5, 0.6) is 0 Å². The molecule has 2 N–H and O–H groups in total. The fourth-order valence-corrected chi connectivity index (χ4v) is 3.20. The average Bonchev–Trinajstić information content (AvgIpc) is 2.58. The summed E-state index contributed by atoms with van der Waals surface area (Å²) in [7, 11) is -4.25. The van der Waals surface area contributed by atoms with Crippen LogP contribution in [0.2, 0.25) is 0 Å². The van der Waals surface area contributed by atoms with Gasteiger partial charge in [-0.1, -0.05) is 25.5 Å². The number of anilines is 1. The summed E-state index contributed by atoms with van der Waals surface area (Å²) in [5.74, 6) is -2.48. The third-order valence-corrected chi connectivity index (χ3v) is 4.77. The molecule has 0 fully saturated rings. The lowest BCUT2D eigenvalue weighted by Gasteiger charge is -2.11. The van der Waals surface area contributed by atoms with Crippen LogP contribution in [0.3, 0.4) is 0 Å². The Morgan fingerprint density at radius 1 is 1.08 bits per heavy atom. The number of nitrogens with one attached hydrogen (secondary N) is 2. The van der Waals surface area contributed by atoms with Gasteiger partial charge in [-0.3, -0.25) is 9.52 Å². The Balaban J connectivity index is 2.25. The maximum Gasteiger partial charge on any atom is 0.262 e. The van der Waals surface area contributed by atoms with Crippen LogP contribution in [-0.2, 0) is 10.0 Å². The van der Waals surface area contributed by atoms with Gasteiger partial charge in [0.2, 0.25) is 0 Å². The van der Waals surface area contributed by atoms with Crippen LogP contribution in [0.15, 0.2) is 47.4 Å². The monoisotopic (exact) mass is 368 g/mol. The Kier molecular flexibility index (Phi) is 6.08. The number of hydrogen-bond donors (Lipinski definition) is 2. The highest BCUT2D eigenvalue weighted by atomic mass is 32.2. The highest BCUT2D eigenvalue weighted by Gasteiger charge is 2.20. The number of hydrogen-bond acceptors (Lipinski definition) is 3. The van der Waals surface area contributed by atoms with E-state index in [1.807, 2.05) is 11.6 Å². The fraction of sp³-hybridized carbons (Fsp3) is 0.235. The molecule has 2 aromatic carbocycles. The van der Waals surface area contributed by atoms with Gasteiger partial charge < -0.3 is 5.32 Å². The summed E-state index contributed by atoms with van der Waals surface area (Å²) in [5.41, 5.74) is -0.617. The number of amides is 1. The molecule has 0 aromatic heterocycles. The molecule has 0 bridgehead atoms. The molecule has 0 radical (unpaired) electrons. The molecule has 0 aliphatic carbocycles. The fourth-order valence-electron chi connectivity index (χ4n) is 2.07. The standard InChI is InChI=1S/C17H18F2N2O3S/c1-2-3-10-20-17(22)12-6-4-7-13(11-12)25(23,24)21-16-14(18)8-5-9-15(16)19/h4-9,11,21H,2-3,10H2,1H3,(H,20,22). The second-order valence-corrected chi connectivity index (χ2v) is 7.02. The van der Waals surface area contributed by atoms with Crippen LogP contribution >= 0.6 is 0 Å². The minimum absolute atomic E-state index is 0.146. The molecule has 134 valence electrons. The normalized spacial score (nSPS) is 11.2. The van der Waals surface area contributed by atoms with Gasteiger partial charge in [0.05, 0.1) is 4.90 Å². The van der Waals surface area contributed by atoms with Crippen LogP contribution in [-0.4, -0.2) is 20.9 Å². The molecule has 8 heteroatoms. The number of carbonyl (C=O) groups is 1. The van der Waals surface area contributed by atoms with Gasteiger partial charge in [-0.05, 0) is 36.8 Å². The van der Waals surface area contributed by atoms with E-state index < -0.39 is 33.3 Å². The lowest BCUT2D eigenvalue weighted by atomic mass is 10.2. The summed E-state index contributed by atoms with van der Waals surface area (Å²) in [6, 6.07) is 8.26. The van der Waals surface area contributed by atoms with Crippen molar-refractivity contribution < 1.29 is 22.0 Å². The number of benzene rings is 2. The molecule has 0 atom stereocenters. The van der Waals surface area contributed by atoms with Gasteiger partial charge in [-0.15, -0.1) is 0 Å². The van der Waals surface area contributed by atoms with Gasteiger partial charge in [-0.25, -0.2) is 17.2 Å². The second kappa shape index (κ2) is 8.06. The molecular weight excluding hydrogens is 350 g/mol. The molecule has 25 heavy (non-hydrogen) atoms. The van der Waals surface area contributed by atoms with Crippen LogP contribution in [0.4, 0.5) is 14.5 Å². The summed E-state index contributed by atoms with van der Waals surface area (Å²) >= 11 is 0. The number of sulfonamides is 1. The molecule has 2 aromatic rings. The quantitative estimate of drug-likeness (QED) is 0.737. The zero-order valence-corrected chi connectivity index (χ0v) is 14.4. The average molecular weight is 368 g/mol. The number of unbranched alkanes of at least 4 members (excludes halogenated alkanes) is 1. The Hall–Kier alpha value is -2.48. The maximum absolute atomic E-state index is 13.6. The third-order valence-electron chi connectivity index (χ3n) is 3.42. The second-order valence-electron chi connectivity index (χ2n) is 5.34. The molecule has 2 rings (SSSR count). The van der Waals surface area contributed by atoms with E-state index in [-0.39, 0.29) is 10.5 Å². The molecule has 0 saturated carbocycles. The summed E-state index contributed by atoms with van der Waals surface area (Å²) in [5, 5.41) is 2.67. The summed E-state index contributed by atoms with van der Waals surface area (Å²) in [4.78, 5) is 11.8. The van der Waals surface area contributed by atoms with Crippen LogP contribution < -0.4 is 10.0 Å². The zero-order valence-electron chi connectivity index (χ0n) is 13.6. The van der Waals surface area contributed by atoms with Gasteiger partial charge in [0.25, 0.3) is 15.9 Å². The smallest absolute Gasteiger partial charge is 0.262 e. The van der Waals surface area contributed by atoms with E-state index in [1.165, 1.54) is 18.2 Å². The first kappa shape index (κ1) is 18.9. The predicted octanol–water partition coefficient (Wildman–Crippen LogP) is 3.30. The topological polar surface area (TPSA) is 75.3 Å². The SMILES string of the molecule is CCCCNC(=O)c1cccc(S(=O)(=O)Nc2c(F)cccc2F)c1. The Labute approximate surface area is 145 Å². The van der Waals surface area contributed by atoms with Gasteiger partial charge in [0.1, 0.15) is 17.3 Å². The highest BCUT2D eigenvalue weighted by Crippen LogP contribution is 2.22. The first-order valence-corrected chi connectivity index (χ1v) is 9.18. The molecule has 0 unspecified atom stereocenters. The van der Waals surface area contributed by atoms with Crippen molar-refractivity contribution in [2.24, 2.45) is 0 Å². The van der Waals surface area contributed by atoms with E-state index in [0.717, 1.165) is 37.1 Å². The number of para-hydroxylation sites is 1. The van der Waals surface area contributed by atoms with E-state index in [2.05, 4.69) is 5.32 Å². The van der Waals surface area contributed by atoms with Crippen molar-refractivity contribution in [2.45, 2.75) is 24.7 Å². The van der Waals surface area contributed by atoms with E-state index in [1.54, 1.807) is 0 Å². The summed E-state index contributed by atoms with van der Waals surface area (Å²) < 4.78 is 53.9. The lowest BCUT2D eigenvalue weighted by molar-refractivity contribution is 0.0953. The predicted molar refractivity (Wildman–Crippen MR) is 90.8 cm³/mol. The highest BCUT2D eigenvalue weighted by molar-refractivity contribution is 7.92. The van der Waals surface area contributed by atoms with Gasteiger partial charge >= 0.3 is 0 Å². The molecule has 0 heterocycles. The largest absolute Gasteiger partial charge is 0.352 e. The third kappa shape index (κ3) is 4.76. The van der Waals surface area contributed by atoms with E-state index in [4.69, 9.17) is 0 Å². The first-order chi connectivity index (χ1) is 11.8. The van der Waals surface area contributed by atoms with E-state index >= 15 is 0 Å². The van der Waals surface area contributed by atoms with Gasteiger partial charge in [0, 0.05) is 12.1 Å². The summed E-state index contributed by atoms with van der Waals surface area (Å²) in [6.07, 6.45) is 1.71. The molecule has 1 amide bonds. The zero-order chi connectivity index (χ0) is 18.4. The first-order valence-electron chi connectivity index (χ1n) is 7.70.